The fourth-order valence-corrected chi connectivity index (χ4v) is 9.06. The molecule has 44 heavy (non-hydrogen) atoms. The number of hydrogen-bond donors (Lipinski definition) is 0. The minimum Gasteiger partial charge on any atom is -0.455 e. The Labute approximate surface area is 247 Å². The third kappa shape index (κ3) is 6.21. The van der Waals surface area contributed by atoms with Crippen molar-refractivity contribution in [1.82, 2.24) is 0 Å². The van der Waals surface area contributed by atoms with Gasteiger partial charge in [-0.3, -0.25) is 14.4 Å². The zero-order valence-electron chi connectivity index (χ0n) is 24.3. The molecule has 0 unspecified atom stereocenters. The van der Waals surface area contributed by atoms with Crippen molar-refractivity contribution in [1.29, 1.82) is 0 Å². The Kier molecular flexibility index (Phi) is 9.00. The van der Waals surface area contributed by atoms with Gasteiger partial charge in [-0.05, 0) is 67.1 Å². The average molecular weight is 651 g/mol. The number of ketones is 2. The molecule has 4 rings (SSSR count). The van der Waals surface area contributed by atoms with E-state index >= 15 is 0 Å². The van der Waals surface area contributed by atoms with Crippen LogP contribution in [0, 0.1) is 46.3 Å². The maximum atomic E-state index is 13.6. The first-order valence-electron chi connectivity index (χ1n) is 14.7. The van der Waals surface area contributed by atoms with Crippen molar-refractivity contribution in [2.45, 2.75) is 109 Å². The molecular formula is C29H35F9O6. The summed E-state index contributed by atoms with van der Waals surface area (Å²) in [4.78, 5) is 50.1. The van der Waals surface area contributed by atoms with Crippen LogP contribution in [-0.4, -0.2) is 54.2 Å². The van der Waals surface area contributed by atoms with Gasteiger partial charge in [0, 0.05) is 37.0 Å². The largest absolute Gasteiger partial charge is 0.490 e. The molecule has 0 N–H and O–H groups in total. The molecule has 4 aliphatic rings. The van der Waals surface area contributed by atoms with Crippen molar-refractivity contribution >= 4 is 23.5 Å². The van der Waals surface area contributed by atoms with E-state index in [0.29, 0.717) is 19.3 Å². The Morgan fingerprint density at radius 1 is 0.932 bits per heavy atom. The van der Waals surface area contributed by atoms with Crippen LogP contribution in [0.5, 0.6) is 0 Å². The maximum absolute atomic E-state index is 13.6. The van der Waals surface area contributed by atoms with Crippen molar-refractivity contribution in [2.24, 2.45) is 46.3 Å². The lowest BCUT2D eigenvalue weighted by molar-refractivity contribution is -0.313. The molecule has 0 amide bonds. The number of ether oxygens (including phenoxy) is 2. The van der Waals surface area contributed by atoms with Crippen LogP contribution in [0.4, 0.5) is 39.5 Å². The minimum absolute atomic E-state index is 0.00416. The predicted molar refractivity (Wildman–Crippen MR) is 132 cm³/mol. The second-order valence-corrected chi connectivity index (χ2v) is 13.5. The molecule has 4 aliphatic carbocycles. The van der Waals surface area contributed by atoms with E-state index in [1.54, 1.807) is 13.8 Å². The lowest BCUT2D eigenvalue weighted by atomic mass is 9.43. The number of carbonyl (C=O) groups excluding carboxylic acids is 4. The SMILES string of the molecule is C[C@H](CCC(=O)OC(C(F)(F)F)C(F)(F)F)[C@H]1CC[C@H]2[C@@H]3C(=O)C[C@@H]4CC(=O)CC[C@]4(C)[C@H]3C[C@H](OC(=O)C(F)(F)F)[C@]12C. The van der Waals surface area contributed by atoms with Gasteiger partial charge in [0.05, 0.1) is 0 Å². The summed E-state index contributed by atoms with van der Waals surface area (Å²) in [6.45, 7) is 5.11. The van der Waals surface area contributed by atoms with Crippen LogP contribution in [-0.2, 0) is 28.7 Å². The van der Waals surface area contributed by atoms with Crippen LogP contribution >= 0.6 is 0 Å². The van der Waals surface area contributed by atoms with Crippen molar-refractivity contribution < 1.29 is 68.2 Å². The number of rotatable bonds is 6. The molecule has 0 radical (unpaired) electrons. The van der Waals surface area contributed by atoms with Crippen LogP contribution in [0.2, 0.25) is 0 Å². The van der Waals surface area contributed by atoms with Gasteiger partial charge in [0.2, 0.25) is 0 Å². The molecule has 0 aromatic rings. The number of carbonyl (C=O) groups is 4. The summed E-state index contributed by atoms with van der Waals surface area (Å²) < 4.78 is 126. The summed E-state index contributed by atoms with van der Waals surface area (Å²) in [5.74, 6) is -7.35. The van der Waals surface area contributed by atoms with Gasteiger partial charge in [0.15, 0.2) is 0 Å². The van der Waals surface area contributed by atoms with Crippen LogP contribution in [0.15, 0.2) is 0 Å². The lowest BCUT2D eigenvalue weighted by Gasteiger charge is -2.61. The number of Topliss-reactive ketones (excluding diaryl/α,β-unsaturated/α-hetero) is 2. The van der Waals surface area contributed by atoms with Crippen molar-refractivity contribution in [3.05, 3.63) is 0 Å². The molecule has 9 atom stereocenters. The number of esters is 2. The first-order valence-corrected chi connectivity index (χ1v) is 14.7. The zero-order valence-corrected chi connectivity index (χ0v) is 24.3. The van der Waals surface area contributed by atoms with Crippen LogP contribution in [0.25, 0.3) is 0 Å². The van der Waals surface area contributed by atoms with E-state index in [9.17, 15) is 58.7 Å². The van der Waals surface area contributed by atoms with Gasteiger partial charge in [-0.2, -0.15) is 39.5 Å². The van der Waals surface area contributed by atoms with Crippen molar-refractivity contribution in [3.63, 3.8) is 0 Å². The predicted octanol–water partition coefficient (Wildman–Crippen LogP) is 6.93. The number of hydrogen-bond acceptors (Lipinski definition) is 6. The average Bonchev–Trinajstić information content (AvgIpc) is 3.23. The number of alkyl halides is 9. The molecule has 15 heteroatoms. The third-order valence-corrected chi connectivity index (χ3v) is 11.2. The smallest absolute Gasteiger partial charge is 0.455 e. The highest BCUT2D eigenvalue weighted by Crippen LogP contribution is 2.68. The molecule has 0 spiro atoms. The summed E-state index contributed by atoms with van der Waals surface area (Å²) in [6.07, 6.45) is -22.2. The Hall–Kier alpha value is -2.35. The van der Waals surface area contributed by atoms with Crippen molar-refractivity contribution in [2.75, 3.05) is 0 Å². The van der Waals surface area contributed by atoms with E-state index < -0.39 is 89.5 Å². The molecule has 250 valence electrons. The fourth-order valence-electron chi connectivity index (χ4n) is 9.06. The molecule has 0 aromatic carbocycles. The van der Waals surface area contributed by atoms with E-state index in [4.69, 9.17) is 4.74 Å². The highest BCUT2D eigenvalue weighted by atomic mass is 19.4. The molecule has 4 saturated carbocycles. The van der Waals surface area contributed by atoms with Gasteiger partial charge >= 0.3 is 30.5 Å². The van der Waals surface area contributed by atoms with Gasteiger partial charge in [0.1, 0.15) is 17.7 Å². The van der Waals surface area contributed by atoms with Crippen molar-refractivity contribution in [3.8, 4) is 0 Å². The molecular weight excluding hydrogens is 615 g/mol. The second-order valence-electron chi connectivity index (χ2n) is 13.5. The minimum atomic E-state index is -5.88. The standard InChI is InChI=1S/C29H35F9O6/c1-13(4-7-21(41)44-23(27(30,31)32)28(33,34)35)16-5-6-17-22-18(12-20(26(16,17)3)43-24(42)29(36,37)38)25(2)9-8-15(39)10-14(25)11-19(22)40/h13-14,16-18,20,22-23H,4-12H2,1-3H3/t13-,14+,16-,17+,18+,20+,22+,25+,26-/m1/s1. The Bertz CT molecular complexity index is 1150. The Morgan fingerprint density at radius 3 is 2.11 bits per heavy atom. The maximum Gasteiger partial charge on any atom is 0.490 e. The highest BCUT2D eigenvalue weighted by Gasteiger charge is 2.68. The first-order chi connectivity index (χ1) is 20.0. The van der Waals surface area contributed by atoms with Gasteiger partial charge in [-0.25, -0.2) is 4.79 Å². The van der Waals surface area contributed by atoms with Gasteiger partial charge in [-0.15, -0.1) is 0 Å². The molecule has 0 bridgehead atoms. The summed E-state index contributed by atoms with van der Waals surface area (Å²) in [6, 6.07) is 0. The molecule has 4 fully saturated rings. The van der Waals surface area contributed by atoms with E-state index in [1.165, 1.54) is 0 Å². The number of fused-ring (bicyclic) bond motifs is 5. The molecule has 0 saturated heterocycles. The monoisotopic (exact) mass is 650 g/mol. The zero-order chi connectivity index (χ0) is 33.2. The van der Waals surface area contributed by atoms with Crippen LogP contribution in [0.1, 0.15) is 78.6 Å². The Morgan fingerprint density at radius 2 is 1.55 bits per heavy atom. The highest BCUT2D eigenvalue weighted by molar-refractivity contribution is 5.86. The summed E-state index contributed by atoms with van der Waals surface area (Å²) in [7, 11) is 0. The van der Waals surface area contributed by atoms with Gasteiger partial charge < -0.3 is 9.47 Å². The topological polar surface area (TPSA) is 86.7 Å². The van der Waals surface area contributed by atoms with Crippen LogP contribution in [0.3, 0.4) is 0 Å². The molecule has 0 heterocycles. The molecule has 0 aliphatic heterocycles. The quantitative estimate of drug-likeness (QED) is 0.229. The second kappa shape index (κ2) is 11.5. The van der Waals surface area contributed by atoms with Gasteiger partial charge in [0.25, 0.3) is 6.10 Å². The summed E-state index contributed by atoms with van der Waals surface area (Å²) in [5.41, 5.74) is -1.77. The lowest BCUT2D eigenvalue weighted by Crippen LogP contribution is -2.62. The molecule has 0 aromatic heterocycles. The first kappa shape index (κ1) is 34.5. The Balaban J connectivity index is 1.60. The van der Waals surface area contributed by atoms with E-state index in [1.807, 2.05) is 6.92 Å². The van der Waals surface area contributed by atoms with E-state index in [2.05, 4.69) is 4.74 Å². The summed E-state index contributed by atoms with van der Waals surface area (Å²) >= 11 is 0. The van der Waals surface area contributed by atoms with E-state index in [0.717, 1.165) is 0 Å². The van der Waals surface area contributed by atoms with Gasteiger partial charge in [-0.1, -0.05) is 20.8 Å². The fraction of sp³-hybridized carbons (Fsp3) is 0.862. The third-order valence-electron chi connectivity index (χ3n) is 11.2. The normalized spacial score (nSPS) is 36.8. The van der Waals surface area contributed by atoms with Crippen LogP contribution < -0.4 is 0 Å². The summed E-state index contributed by atoms with van der Waals surface area (Å²) in [5, 5.41) is 0. The van der Waals surface area contributed by atoms with E-state index in [-0.39, 0.29) is 49.6 Å². The number of halogens is 9. The molecule has 6 nitrogen and oxygen atoms in total.